The molecule has 0 spiro atoms. The molecular weight excluding hydrogens is 369 g/mol. The number of hydrogen-bond donors (Lipinski definition) is 1. The highest BCUT2D eigenvalue weighted by Gasteiger charge is 2.24. The van der Waals surface area contributed by atoms with Crippen molar-refractivity contribution >= 4 is 55.6 Å². The van der Waals surface area contributed by atoms with Gasteiger partial charge in [0.2, 0.25) is 10.0 Å². The van der Waals surface area contributed by atoms with Gasteiger partial charge in [-0.25, -0.2) is 17.7 Å². The fraction of sp³-hybridized carbons (Fsp3) is 0.167. The lowest BCUT2D eigenvalue weighted by molar-refractivity contribution is 0.102. The summed E-state index contributed by atoms with van der Waals surface area (Å²) >= 11 is 13.2. The van der Waals surface area contributed by atoms with Gasteiger partial charge in [0, 0.05) is 25.7 Å². The molecule has 22 heavy (non-hydrogen) atoms. The Balaban J connectivity index is 2.47. The average Bonchev–Trinajstić information content (AvgIpc) is 2.90. The Bertz CT molecular complexity index is 805. The zero-order valence-corrected chi connectivity index (χ0v) is 14.6. The molecule has 10 heteroatoms. The molecule has 1 N–H and O–H groups in total. The van der Waals surface area contributed by atoms with Crippen LogP contribution in [0.25, 0.3) is 0 Å². The number of aromatic nitrogens is 1. The molecule has 2 aromatic rings. The van der Waals surface area contributed by atoms with E-state index in [-0.39, 0.29) is 20.5 Å². The number of nitrogens with one attached hydrogen (secondary N) is 1. The molecule has 2 rings (SSSR count). The Morgan fingerprint density at radius 1 is 1.27 bits per heavy atom. The summed E-state index contributed by atoms with van der Waals surface area (Å²) in [6.07, 6.45) is 1.53. The van der Waals surface area contributed by atoms with Gasteiger partial charge in [0.25, 0.3) is 5.91 Å². The molecule has 0 fully saturated rings. The standard InChI is InChI=1S/C12H11Cl2N3O3S2/c1-17(2)22(19,20)10-5-7(8(13)6-9(10)14)11(18)16-12-15-3-4-21-12/h3-6H,1-2H3,(H,15,16,18). The maximum absolute atomic E-state index is 12.2. The van der Waals surface area contributed by atoms with Crippen LogP contribution in [0, 0.1) is 0 Å². The maximum atomic E-state index is 12.2. The van der Waals surface area contributed by atoms with Crippen molar-refractivity contribution in [1.82, 2.24) is 9.29 Å². The van der Waals surface area contributed by atoms with Gasteiger partial charge in [-0.3, -0.25) is 10.1 Å². The lowest BCUT2D eigenvalue weighted by Gasteiger charge is -2.14. The van der Waals surface area contributed by atoms with Crippen molar-refractivity contribution in [2.75, 3.05) is 19.4 Å². The third-order valence-electron chi connectivity index (χ3n) is 2.68. The number of carbonyl (C=O) groups is 1. The molecule has 118 valence electrons. The highest BCUT2D eigenvalue weighted by Crippen LogP contribution is 2.30. The summed E-state index contributed by atoms with van der Waals surface area (Å²) in [4.78, 5) is 15.9. The number of hydrogen-bond acceptors (Lipinski definition) is 5. The summed E-state index contributed by atoms with van der Waals surface area (Å²) < 4.78 is 25.4. The van der Waals surface area contributed by atoms with Gasteiger partial charge in [-0.05, 0) is 12.1 Å². The van der Waals surface area contributed by atoms with Gasteiger partial charge in [-0.15, -0.1) is 11.3 Å². The molecule has 0 atom stereocenters. The summed E-state index contributed by atoms with van der Waals surface area (Å²) in [5.41, 5.74) is 0.00157. The van der Waals surface area contributed by atoms with Crippen LogP contribution in [0.4, 0.5) is 5.13 Å². The second-order valence-corrected chi connectivity index (χ2v) is 8.17. The van der Waals surface area contributed by atoms with E-state index in [9.17, 15) is 13.2 Å². The molecule has 1 aromatic carbocycles. The molecule has 1 aromatic heterocycles. The first-order valence-electron chi connectivity index (χ1n) is 5.86. The molecule has 0 saturated carbocycles. The lowest BCUT2D eigenvalue weighted by Crippen LogP contribution is -2.23. The molecule has 1 heterocycles. The van der Waals surface area contributed by atoms with E-state index < -0.39 is 15.9 Å². The van der Waals surface area contributed by atoms with Gasteiger partial charge in [0.1, 0.15) is 4.90 Å². The van der Waals surface area contributed by atoms with Gasteiger partial charge in [0.15, 0.2) is 5.13 Å². The van der Waals surface area contributed by atoms with Gasteiger partial charge < -0.3 is 0 Å². The smallest absolute Gasteiger partial charge is 0.259 e. The minimum absolute atomic E-state index is 0.00157. The first-order valence-corrected chi connectivity index (χ1v) is 8.93. The minimum atomic E-state index is -3.79. The zero-order valence-electron chi connectivity index (χ0n) is 11.5. The van der Waals surface area contributed by atoms with E-state index in [1.807, 2.05) is 0 Å². The Morgan fingerprint density at radius 3 is 2.50 bits per heavy atom. The van der Waals surface area contributed by atoms with Crippen molar-refractivity contribution in [3.8, 4) is 0 Å². The van der Waals surface area contributed by atoms with Crippen LogP contribution in [0.1, 0.15) is 10.4 Å². The van der Waals surface area contributed by atoms with Gasteiger partial charge in [-0.1, -0.05) is 23.2 Å². The minimum Gasteiger partial charge on any atom is -0.298 e. The molecule has 0 bridgehead atoms. The summed E-state index contributed by atoms with van der Waals surface area (Å²) in [6, 6.07) is 2.39. The normalized spacial score (nSPS) is 11.7. The average molecular weight is 380 g/mol. The summed E-state index contributed by atoms with van der Waals surface area (Å²) in [5.74, 6) is -0.563. The molecule has 0 aliphatic rings. The third-order valence-corrected chi connectivity index (χ3v) is 5.96. The van der Waals surface area contributed by atoms with E-state index in [4.69, 9.17) is 23.2 Å². The number of rotatable bonds is 4. The highest BCUT2D eigenvalue weighted by molar-refractivity contribution is 7.89. The number of thiazole rings is 1. The van der Waals surface area contributed by atoms with Crippen LogP contribution in [-0.2, 0) is 10.0 Å². The molecule has 0 saturated heterocycles. The largest absolute Gasteiger partial charge is 0.298 e. The lowest BCUT2D eigenvalue weighted by atomic mass is 10.2. The van der Waals surface area contributed by atoms with Crippen molar-refractivity contribution in [2.24, 2.45) is 0 Å². The van der Waals surface area contributed by atoms with E-state index in [0.29, 0.717) is 5.13 Å². The number of anilines is 1. The topological polar surface area (TPSA) is 79.4 Å². The molecule has 0 aliphatic carbocycles. The van der Waals surface area contributed by atoms with E-state index in [0.717, 1.165) is 10.4 Å². The number of halogens is 2. The monoisotopic (exact) mass is 379 g/mol. The van der Waals surface area contributed by atoms with Crippen LogP contribution >= 0.6 is 34.5 Å². The molecule has 0 unspecified atom stereocenters. The van der Waals surface area contributed by atoms with E-state index >= 15 is 0 Å². The first kappa shape index (κ1) is 17.2. The number of carbonyl (C=O) groups excluding carboxylic acids is 1. The molecule has 0 radical (unpaired) electrons. The van der Waals surface area contributed by atoms with Crippen molar-refractivity contribution in [2.45, 2.75) is 4.90 Å². The van der Waals surface area contributed by atoms with Crippen molar-refractivity contribution < 1.29 is 13.2 Å². The number of sulfonamides is 1. The predicted octanol–water partition coefficient (Wildman–Crippen LogP) is 2.95. The van der Waals surface area contributed by atoms with Gasteiger partial charge in [-0.2, -0.15) is 0 Å². The highest BCUT2D eigenvalue weighted by atomic mass is 35.5. The molecular formula is C12H11Cl2N3O3S2. The maximum Gasteiger partial charge on any atom is 0.259 e. The summed E-state index contributed by atoms with van der Waals surface area (Å²) in [7, 11) is -1.05. The number of amides is 1. The predicted molar refractivity (Wildman–Crippen MR) is 87.4 cm³/mol. The van der Waals surface area contributed by atoms with E-state index in [1.54, 1.807) is 5.38 Å². The number of nitrogens with zero attached hydrogens (tertiary/aromatic N) is 2. The van der Waals surface area contributed by atoms with Crippen LogP contribution in [0.15, 0.2) is 28.6 Å². The summed E-state index contributed by atoms with van der Waals surface area (Å²) in [6.45, 7) is 0. The van der Waals surface area contributed by atoms with E-state index in [1.165, 1.54) is 37.7 Å². The molecule has 6 nitrogen and oxygen atoms in total. The second-order valence-electron chi connectivity index (χ2n) is 4.34. The van der Waals surface area contributed by atoms with Crippen LogP contribution in [0.5, 0.6) is 0 Å². The molecule has 0 aliphatic heterocycles. The zero-order chi connectivity index (χ0) is 16.5. The molecule has 1 amide bonds. The number of benzene rings is 1. The van der Waals surface area contributed by atoms with Crippen LogP contribution in [0.2, 0.25) is 10.0 Å². The van der Waals surface area contributed by atoms with Crippen molar-refractivity contribution in [3.05, 3.63) is 39.3 Å². The van der Waals surface area contributed by atoms with Crippen molar-refractivity contribution in [1.29, 1.82) is 0 Å². The fourth-order valence-electron chi connectivity index (χ4n) is 1.55. The van der Waals surface area contributed by atoms with Crippen LogP contribution < -0.4 is 5.32 Å². The van der Waals surface area contributed by atoms with Crippen LogP contribution in [-0.4, -0.2) is 37.7 Å². The Labute approximate surface area is 141 Å². The second kappa shape index (κ2) is 6.51. The third kappa shape index (κ3) is 3.41. The Morgan fingerprint density at radius 2 is 1.95 bits per heavy atom. The first-order chi connectivity index (χ1) is 10.2. The fourth-order valence-corrected chi connectivity index (χ4v) is 3.80. The van der Waals surface area contributed by atoms with Gasteiger partial charge in [0.05, 0.1) is 15.6 Å². The Hall–Kier alpha value is -1.19. The van der Waals surface area contributed by atoms with Crippen molar-refractivity contribution in [3.63, 3.8) is 0 Å². The Kier molecular flexibility index (Phi) is 5.08. The van der Waals surface area contributed by atoms with Crippen LogP contribution in [0.3, 0.4) is 0 Å². The van der Waals surface area contributed by atoms with Gasteiger partial charge >= 0.3 is 0 Å². The quantitative estimate of drug-likeness (QED) is 0.885. The van der Waals surface area contributed by atoms with E-state index in [2.05, 4.69) is 10.3 Å². The SMILES string of the molecule is CN(C)S(=O)(=O)c1cc(C(=O)Nc2nccs2)c(Cl)cc1Cl. The summed E-state index contributed by atoms with van der Waals surface area (Å²) in [5, 5.41) is 4.62.